The van der Waals surface area contributed by atoms with E-state index in [0.29, 0.717) is 6.42 Å². The van der Waals surface area contributed by atoms with Crippen LogP contribution in [0.5, 0.6) is 0 Å². The van der Waals surface area contributed by atoms with Crippen LogP contribution in [0.1, 0.15) is 31.5 Å². The summed E-state index contributed by atoms with van der Waals surface area (Å²) < 4.78 is 0. The van der Waals surface area contributed by atoms with E-state index in [2.05, 4.69) is 40.8 Å². The van der Waals surface area contributed by atoms with Crippen LogP contribution in [0.2, 0.25) is 0 Å². The molecule has 0 saturated carbocycles. The van der Waals surface area contributed by atoms with Crippen molar-refractivity contribution in [3.63, 3.8) is 0 Å². The van der Waals surface area contributed by atoms with Crippen LogP contribution >= 0.6 is 11.8 Å². The zero-order valence-electron chi connectivity index (χ0n) is 16.5. The van der Waals surface area contributed by atoms with Gasteiger partial charge in [-0.25, -0.2) is 4.99 Å². The van der Waals surface area contributed by atoms with E-state index in [0.717, 1.165) is 40.7 Å². The molecule has 1 aliphatic rings. The third kappa shape index (κ3) is 5.81. The molecule has 0 aliphatic carbocycles. The number of hydrogen-bond acceptors (Lipinski definition) is 5. The van der Waals surface area contributed by atoms with Crippen molar-refractivity contribution in [2.45, 2.75) is 38.7 Å². The molecular formula is C23H27N3OS. The van der Waals surface area contributed by atoms with Gasteiger partial charge in [0, 0.05) is 23.8 Å². The number of anilines is 1. The van der Waals surface area contributed by atoms with Crippen LogP contribution in [0.15, 0.2) is 78.3 Å². The monoisotopic (exact) mass is 393 g/mol. The smallest absolute Gasteiger partial charge is 0.119 e. The predicted octanol–water partition coefficient (Wildman–Crippen LogP) is 4.96. The summed E-state index contributed by atoms with van der Waals surface area (Å²) in [6.45, 7) is 7.87. The highest BCUT2D eigenvalue weighted by molar-refractivity contribution is 8.14. The summed E-state index contributed by atoms with van der Waals surface area (Å²) in [6, 6.07) is 14.5. The van der Waals surface area contributed by atoms with Crippen LogP contribution < -0.4 is 4.90 Å². The summed E-state index contributed by atoms with van der Waals surface area (Å²) in [4.78, 5) is 11.1. The zero-order valence-corrected chi connectivity index (χ0v) is 17.3. The molecule has 1 N–H and O–H groups in total. The second-order valence-electron chi connectivity index (χ2n) is 7.45. The van der Waals surface area contributed by atoms with Gasteiger partial charge in [0.15, 0.2) is 0 Å². The van der Waals surface area contributed by atoms with Crippen LogP contribution in [-0.4, -0.2) is 26.5 Å². The van der Waals surface area contributed by atoms with E-state index >= 15 is 0 Å². The van der Waals surface area contributed by atoms with Crippen LogP contribution in [0.4, 0.5) is 5.69 Å². The fourth-order valence-electron chi connectivity index (χ4n) is 2.85. The summed E-state index contributed by atoms with van der Waals surface area (Å²) in [7, 11) is 0. The standard InChI is InChI=1S/C23H27N3OS/c1-18-22(28-16-12-19-7-5-4-6-8-19)24-14-15-26(18)21-10-9-20(25-17-21)11-13-23(2,3)27/h4-10,14-15,17,27H,1,11-13,16H2,2-3H3. The highest BCUT2D eigenvalue weighted by Crippen LogP contribution is 2.26. The SMILES string of the molecule is C=C1C(SCCc2ccccc2)=NC=CN1c1ccc(CCC(C)(C)O)nc1. The molecule has 0 unspecified atom stereocenters. The molecule has 2 heterocycles. The molecule has 4 nitrogen and oxygen atoms in total. The van der Waals surface area contributed by atoms with Gasteiger partial charge in [0.25, 0.3) is 0 Å². The second-order valence-corrected chi connectivity index (χ2v) is 8.54. The van der Waals surface area contributed by atoms with Crippen molar-refractivity contribution in [2.24, 2.45) is 4.99 Å². The van der Waals surface area contributed by atoms with E-state index < -0.39 is 5.60 Å². The van der Waals surface area contributed by atoms with E-state index in [9.17, 15) is 5.11 Å². The van der Waals surface area contributed by atoms with Crippen molar-refractivity contribution in [3.8, 4) is 0 Å². The molecule has 1 aromatic heterocycles. The molecule has 0 amide bonds. The first-order chi connectivity index (χ1) is 13.4. The number of aryl methyl sites for hydroxylation is 2. The molecule has 0 atom stereocenters. The Morgan fingerprint density at radius 2 is 1.89 bits per heavy atom. The average Bonchev–Trinajstić information content (AvgIpc) is 2.68. The molecule has 2 aromatic rings. The molecule has 0 saturated heterocycles. The first-order valence-corrected chi connectivity index (χ1v) is 10.5. The number of nitrogens with zero attached hydrogens (tertiary/aromatic N) is 3. The molecule has 28 heavy (non-hydrogen) atoms. The van der Waals surface area contributed by atoms with E-state index in [1.165, 1.54) is 5.56 Å². The normalized spacial score (nSPS) is 14.3. The Morgan fingerprint density at radius 1 is 1.11 bits per heavy atom. The highest BCUT2D eigenvalue weighted by Gasteiger charge is 2.18. The lowest BCUT2D eigenvalue weighted by Gasteiger charge is -2.25. The first-order valence-electron chi connectivity index (χ1n) is 9.49. The number of aliphatic hydroxyl groups is 1. The zero-order chi connectivity index (χ0) is 20.0. The lowest BCUT2D eigenvalue weighted by Crippen LogP contribution is -2.23. The van der Waals surface area contributed by atoms with E-state index in [1.807, 2.05) is 55.5 Å². The molecule has 3 rings (SSSR count). The van der Waals surface area contributed by atoms with Crippen molar-refractivity contribution in [3.05, 3.63) is 84.6 Å². The number of aromatic nitrogens is 1. The van der Waals surface area contributed by atoms with Gasteiger partial charge in [-0.2, -0.15) is 0 Å². The number of rotatable bonds is 7. The van der Waals surface area contributed by atoms with Crippen molar-refractivity contribution in [1.29, 1.82) is 0 Å². The number of aliphatic imine (C=N–C) groups is 1. The summed E-state index contributed by atoms with van der Waals surface area (Å²) in [5.41, 5.74) is 3.46. The van der Waals surface area contributed by atoms with Gasteiger partial charge >= 0.3 is 0 Å². The molecule has 0 bridgehead atoms. The van der Waals surface area contributed by atoms with Crippen LogP contribution in [0.3, 0.4) is 0 Å². The van der Waals surface area contributed by atoms with Gasteiger partial charge in [-0.15, -0.1) is 11.8 Å². The lowest BCUT2D eigenvalue weighted by atomic mass is 10.0. The van der Waals surface area contributed by atoms with Gasteiger partial charge in [-0.3, -0.25) is 4.98 Å². The quantitative estimate of drug-likeness (QED) is 0.722. The number of thioether (sulfide) groups is 1. The fraction of sp³-hybridized carbons (Fsp3) is 0.304. The van der Waals surface area contributed by atoms with Gasteiger partial charge < -0.3 is 10.0 Å². The first kappa shape index (κ1) is 20.4. The Morgan fingerprint density at radius 3 is 2.57 bits per heavy atom. The molecule has 0 spiro atoms. The number of hydrogen-bond donors (Lipinski definition) is 1. The molecule has 1 aliphatic heterocycles. The molecular weight excluding hydrogens is 366 g/mol. The van der Waals surface area contributed by atoms with Crippen molar-refractivity contribution in [2.75, 3.05) is 10.7 Å². The van der Waals surface area contributed by atoms with Gasteiger partial charge in [0.1, 0.15) is 5.04 Å². The summed E-state index contributed by atoms with van der Waals surface area (Å²) in [5, 5.41) is 10.8. The summed E-state index contributed by atoms with van der Waals surface area (Å²) in [5.74, 6) is 0.956. The van der Waals surface area contributed by atoms with E-state index in [4.69, 9.17) is 0 Å². The Balaban J connectivity index is 1.57. The van der Waals surface area contributed by atoms with Crippen molar-refractivity contribution < 1.29 is 5.11 Å². The van der Waals surface area contributed by atoms with Gasteiger partial charge in [0.05, 0.1) is 23.2 Å². The van der Waals surface area contributed by atoms with E-state index in [1.54, 1.807) is 11.8 Å². The predicted molar refractivity (Wildman–Crippen MR) is 120 cm³/mol. The molecule has 146 valence electrons. The molecule has 1 aromatic carbocycles. The average molecular weight is 394 g/mol. The Labute approximate surface area is 171 Å². The number of pyridine rings is 1. The number of benzene rings is 1. The Bertz CT molecular complexity index is 852. The van der Waals surface area contributed by atoms with Crippen LogP contribution in [-0.2, 0) is 12.8 Å². The molecule has 0 radical (unpaired) electrons. The minimum absolute atomic E-state index is 0.674. The van der Waals surface area contributed by atoms with Crippen molar-refractivity contribution >= 4 is 22.5 Å². The van der Waals surface area contributed by atoms with E-state index in [-0.39, 0.29) is 0 Å². The van der Waals surface area contributed by atoms with Crippen molar-refractivity contribution in [1.82, 2.24) is 4.98 Å². The minimum atomic E-state index is -0.674. The summed E-state index contributed by atoms with van der Waals surface area (Å²) in [6.07, 6.45) is 8.01. The third-order valence-corrected chi connectivity index (χ3v) is 5.52. The Hall–Kier alpha value is -2.37. The molecule has 5 heteroatoms. The fourth-order valence-corrected chi connectivity index (χ4v) is 3.78. The minimum Gasteiger partial charge on any atom is -0.390 e. The van der Waals surface area contributed by atoms with Crippen LogP contribution in [0.25, 0.3) is 0 Å². The van der Waals surface area contributed by atoms with Crippen LogP contribution in [0, 0.1) is 0 Å². The van der Waals surface area contributed by atoms with Gasteiger partial charge in [-0.05, 0) is 50.8 Å². The second kappa shape index (κ2) is 9.22. The topological polar surface area (TPSA) is 48.7 Å². The largest absolute Gasteiger partial charge is 0.390 e. The third-order valence-electron chi connectivity index (χ3n) is 4.50. The molecule has 0 fully saturated rings. The van der Waals surface area contributed by atoms with Gasteiger partial charge in [-0.1, -0.05) is 36.9 Å². The maximum Gasteiger partial charge on any atom is 0.119 e. The maximum atomic E-state index is 9.87. The lowest BCUT2D eigenvalue weighted by molar-refractivity contribution is 0.0711. The van der Waals surface area contributed by atoms with Gasteiger partial charge in [0.2, 0.25) is 0 Å². The summed E-state index contributed by atoms with van der Waals surface area (Å²) >= 11 is 1.72. The Kier molecular flexibility index (Phi) is 6.70. The maximum absolute atomic E-state index is 9.87. The highest BCUT2D eigenvalue weighted by atomic mass is 32.2.